The van der Waals surface area contributed by atoms with E-state index in [1.165, 1.54) is 0 Å². The summed E-state index contributed by atoms with van der Waals surface area (Å²) in [5.74, 6) is -1.42. The predicted molar refractivity (Wildman–Crippen MR) is 78.9 cm³/mol. The number of nitrogens with one attached hydrogen (secondary N) is 1. The van der Waals surface area contributed by atoms with Crippen LogP contribution >= 0.6 is 15.9 Å². The van der Waals surface area contributed by atoms with Crippen molar-refractivity contribution in [2.75, 3.05) is 13.7 Å². The fraction of sp³-hybridized carbons (Fsp3) is 0.429. The van der Waals surface area contributed by atoms with Gasteiger partial charge < -0.3 is 15.2 Å². The third-order valence-corrected chi connectivity index (χ3v) is 3.75. The van der Waals surface area contributed by atoms with Crippen molar-refractivity contribution in [1.82, 2.24) is 5.32 Å². The fourth-order valence-electron chi connectivity index (χ4n) is 1.72. The molecule has 0 aromatic heterocycles. The molecule has 5 nitrogen and oxygen atoms in total. The van der Waals surface area contributed by atoms with Gasteiger partial charge in [-0.05, 0) is 43.5 Å². The molecular weight excluding hydrogens is 326 g/mol. The first kappa shape index (κ1) is 16.7. The van der Waals surface area contributed by atoms with E-state index in [2.05, 4.69) is 21.2 Å². The minimum Gasteiger partial charge on any atom is -0.480 e. The summed E-state index contributed by atoms with van der Waals surface area (Å²) >= 11 is 3.35. The Labute approximate surface area is 126 Å². The highest BCUT2D eigenvalue weighted by molar-refractivity contribution is 9.10. The molecule has 0 bridgehead atoms. The van der Waals surface area contributed by atoms with E-state index in [0.717, 1.165) is 10.0 Å². The van der Waals surface area contributed by atoms with Crippen LogP contribution in [0.5, 0.6) is 0 Å². The van der Waals surface area contributed by atoms with Crippen LogP contribution in [0.2, 0.25) is 0 Å². The Bertz CT molecular complexity index is 490. The van der Waals surface area contributed by atoms with Crippen molar-refractivity contribution in [3.8, 4) is 0 Å². The quantitative estimate of drug-likeness (QED) is 0.745. The number of hydrogen-bond donors (Lipinski definition) is 2. The number of aryl methyl sites for hydroxylation is 1. The summed E-state index contributed by atoms with van der Waals surface area (Å²) in [7, 11) is 1.55. The van der Waals surface area contributed by atoms with Gasteiger partial charge in [-0.15, -0.1) is 0 Å². The highest BCUT2D eigenvalue weighted by Gasteiger charge is 2.20. The van der Waals surface area contributed by atoms with E-state index in [-0.39, 0.29) is 5.91 Å². The zero-order valence-corrected chi connectivity index (χ0v) is 13.1. The number of aliphatic carboxylic acids is 1. The molecule has 0 spiro atoms. The third kappa shape index (κ3) is 4.94. The topological polar surface area (TPSA) is 75.6 Å². The first-order valence-electron chi connectivity index (χ1n) is 6.24. The lowest BCUT2D eigenvalue weighted by atomic mass is 10.1. The van der Waals surface area contributed by atoms with Gasteiger partial charge in [0.1, 0.15) is 6.04 Å². The predicted octanol–water partition coefficient (Wildman–Crippen LogP) is 2.37. The van der Waals surface area contributed by atoms with Crippen molar-refractivity contribution in [1.29, 1.82) is 0 Å². The van der Waals surface area contributed by atoms with Crippen LogP contribution in [0.15, 0.2) is 22.7 Å². The summed E-state index contributed by atoms with van der Waals surface area (Å²) < 4.78 is 5.79. The molecule has 1 rings (SSSR count). The molecule has 20 heavy (non-hydrogen) atoms. The summed E-state index contributed by atoms with van der Waals surface area (Å²) in [5, 5.41) is 11.6. The normalized spacial score (nSPS) is 11.9. The Morgan fingerprint density at radius 1 is 1.45 bits per heavy atom. The number of rotatable bonds is 7. The summed E-state index contributed by atoms with van der Waals surface area (Å²) in [4.78, 5) is 23.2. The molecule has 1 aromatic carbocycles. The molecule has 1 unspecified atom stereocenters. The number of ether oxygens (including phenoxy) is 1. The maximum Gasteiger partial charge on any atom is 0.326 e. The largest absolute Gasteiger partial charge is 0.480 e. The van der Waals surface area contributed by atoms with Gasteiger partial charge in [0, 0.05) is 23.8 Å². The Morgan fingerprint density at radius 3 is 2.70 bits per heavy atom. The molecule has 0 heterocycles. The lowest BCUT2D eigenvalue weighted by Gasteiger charge is -2.14. The Balaban J connectivity index is 2.69. The van der Waals surface area contributed by atoms with E-state index in [1.807, 2.05) is 6.92 Å². The van der Waals surface area contributed by atoms with Gasteiger partial charge in [-0.2, -0.15) is 0 Å². The van der Waals surface area contributed by atoms with Crippen LogP contribution in [0.4, 0.5) is 0 Å². The molecule has 1 amide bonds. The monoisotopic (exact) mass is 343 g/mol. The lowest BCUT2D eigenvalue weighted by Crippen LogP contribution is -2.40. The summed E-state index contributed by atoms with van der Waals surface area (Å²) in [6, 6.07) is 4.24. The van der Waals surface area contributed by atoms with Crippen molar-refractivity contribution >= 4 is 27.8 Å². The fourth-order valence-corrected chi connectivity index (χ4v) is 1.96. The zero-order chi connectivity index (χ0) is 15.1. The Morgan fingerprint density at radius 2 is 2.15 bits per heavy atom. The van der Waals surface area contributed by atoms with Gasteiger partial charge in [-0.1, -0.05) is 15.9 Å². The maximum atomic E-state index is 12.0. The van der Waals surface area contributed by atoms with E-state index < -0.39 is 12.0 Å². The molecule has 1 aromatic rings. The molecule has 110 valence electrons. The van der Waals surface area contributed by atoms with Gasteiger partial charge in [-0.3, -0.25) is 4.79 Å². The number of carboxylic acid groups (broad SMARTS) is 1. The number of carbonyl (C=O) groups excluding carboxylic acids is 1. The third-order valence-electron chi connectivity index (χ3n) is 2.86. The second kappa shape index (κ2) is 8.01. The van der Waals surface area contributed by atoms with Crippen LogP contribution in [-0.4, -0.2) is 36.7 Å². The molecule has 0 radical (unpaired) electrons. The Hall–Kier alpha value is -1.40. The van der Waals surface area contributed by atoms with Crippen LogP contribution in [0, 0.1) is 6.92 Å². The molecule has 0 aliphatic rings. The number of carbonyl (C=O) groups is 2. The van der Waals surface area contributed by atoms with Crippen LogP contribution in [0.25, 0.3) is 0 Å². The van der Waals surface area contributed by atoms with E-state index in [0.29, 0.717) is 25.0 Å². The van der Waals surface area contributed by atoms with Crippen LogP contribution < -0.4 is 5.32 Å². The number of halogens is 1. The highest BCUT2D eigenvalue weighted by Crippen LogP contribution is 2.17. The summed E-state index contributed by atoms with van der Waals surface area (Å²) in [5.41, 5.74) is 1.37. The average Bonchev–Trinajstić information content (AvgIpc) is 2.40. The second-order valence-electron chi connectivity index (χ2n) is 4.46. The van der Waals surface area contributed by atoms with E-state index in [9.17, 15) is 9.59 Å². The highest BCUT2D eigenvalue weighted by atomic mass is 79.9. The molecule has 0 saturated carbocycles. The van der Waals surface area contributed by atoms with Crippen molar-refractivity contribution < 1.29 is 19.4 Å². The minimum absolute atomic E-state index is 0.338. The molecular formula is C14H18BrNO4. The minimum atomic E-state index is -1.04. The van der Waals surface area contributed by atoms with Gasteiger partial charge in [0.2, 0.25) is 0 Å². The number of benzene rings is 1. The van der Waals surface area contributed by atoms with Gasteiger partial charge in [0.25, 0.3) is 5.91 Å². The van der Waals surface area contributed by atoms with Gasteiger partial charge in [0.05, 0.1) is 0 Å². The first-order chi connectivity index (χ1) is 9.45. The Kier molecular flexibility index (Phi) is 6.67. The van der Waals surface area contributed by atoms with Gasteiger partial charge in [-0.25, -0.2) is 4.79 Å². The molecule has 0 fully saturated rings. The molecule has 2 N–H and O–H groups in total. The molecule has 0 aliphatic carbocycles. The smallest absolute Gasteiger partial charge is 0.326 e. The van der Waals surface area contributed by atoms with Gasteiger partial charge >= 0.3 is 5.97 Å². The molecule has 0 aliphatic heterocycles. The number of amides is 1. The molecule has 1 atom stereocenters. The summed E-state index contributed by atoms with van der Waals surface area (Å²) in [6.07, 6.45) is 0.914. The lowest BCUT2D eigenvalue weighted by molar-refractivity contribution is -0.139. The first-order valence-corrected chi connectivity index (χ1v) is 7.03. The number of methoxy groups -OCH3 is 1. The van der Waals surface area contributed by atoms with E-state index >= 15 is 0 Å². The van der Waals surface area contributed by atoms with Crippen molar-refractivity contribution in [3.05, 3.63) is 33.8 Å². The summed E-state index contributed by atoms with van der Waals surface area (Å²) in [6.45, 7) is 2.34. The van der Waals surface area contributed by atoms with Crippen LogP contribution in [0.1, 0.15) is 28.8 Å². The zero-order valence-electron chi connectivity index (χ0n) is 11.5. The van der Waals surface area contributed by atoms with Crippen molar-refractivity contribution in [2.24, 2.45) is 0 Å². The van der Waals surface area contributed by atoms with E-state index in [4.69, 9.17) is 9.84 Å². The second-order valence-corrected chi connectivity index (χ2v) is 5.32. The number of carboxylic acids is 1. The maximum absolute atomic E-state index is 12.0. The van der Waals surface area contributed by atoms with E-state index in [1.54, 1.807) is 25.3 Å². The SMILES string of the molecule is COCCCC(NC(=O)c1ccc(Br)c(C)c1)C(=O)O. The van der Waals surface area contributed by atoms with Gasteiger partial charge in [0.15, 0.2) is 0 Å². The standard InChI is InChI=1S/C14H18BrNO4/c1-9-8-10(5-6-11(9)15)13(17)16-12(14(18)19)4-3-7-20-2/h5-6,8,12H,3-4,7H2,1-2H3,(H,16,17)(H,18,19). The van der Waals surface area contributed by atoms with Crippen molar-refractivity contribution in [3.63, 3.8) is 0 Å². The van der Waals surface area contributed by atoms with Crippen LogP contribution in [-0.2, 0) is 9.53 Å². The number of hydrogen-bond acceptors (Lipinski definition) is 3. The molecule has 0 saturated heterocycles. The van der Waals surface area contributed by atoms with Crippen LogP contribution in [0.3, 0.4) is 0 Å². The average molecular weight is 344 g/mol. The molecule has 6 heteroatoms. The van der Waals surface area contributed by atoms with Crippen molar-refractivity contribution in [2.45, 2.75) is 25.8 Å².